The molecule has 0 atom stereocenters. The number of carbonyl (C=O) groups is 1. The second kappa shape index (κ2) is 8.37. The molecule has 23 heavy (non-hydrogen) atoms. The van der Waals surface area contributed by atoms with E-state index in [4.69, 9.17) is 9.84 Å². The van der Waals surface area contributed by atoms with E-state index < -0.39 is 6.16 Å². The molecule has 0 aliphatic heterocycles. The summed E-state index contributed by atoms with van der Waals surface area (Å²) in [5.74, 6) is 0.456. The highest BCUT2D eigenvalue weighted by Gasteiger charge is 2.15. The molecule has 2 aromatic rings. The molecule has 0 radical (unpaired) electrons. The first-order valence-corrected chi connectivity index (χ1v) is 8.28. The van der Waals surface area contributed by atoms with Gasteiger partial charge in [0.2, 0.25) is 0 Å². The van der Waals surface area contributed by atoms with Crippen LogP contribution >= 0.6 is 0 Å². The van der Waals surface area contributed by atoms with E-state index >= 15 is 0 Å². The van der Waals surface area contributed by atoms with Crippen molar-refractivity contribution in [3.8, 4) is 16.9 Å². The fourth-order valence-corrected chi connectivity index (χ4v) is 2.91. The largest absolute Gasteiger partial charge is 0.511 e. The van der Waals surface area contributed by atoms with Crippen LogP contribution in [0, 0.1) is 0 Å². The Morgan fingerprint density at radius 3 is 2.43 bits per heavy atom. The summed E-state index contributed by atoms with van der Waals surface area (Å²) in [7, 11) is 0. The van der Waals surface area contributed by atoms with Crippen LogP contribution in [0.5, 0.6) is 5.75 Å². The Morgan fingerprint density at radius 2 is 1.74 bits per heavy atom. The third-order valence-electron chi connectivity index (χ3n) is 4.05. The first-order valence-electron chi connectivity index (χ1n) is 8.28. The Labute approximate surface area is 137 Å². The van der Waals surface area contributed by atoms with Gasteiger partial charge >= 0.3 is 6.16 Å². The predicted molar refractivity (Wildman–Crippen MR) is 93.1 cm³/mol. The van der Waals surface area contributed by atoms with E-state index in [0.717, 1.165) is 48.8 Å². The van der Waals surface area contributed by atoms with Crippen LogP contribution in [-0.4, -0.2) is 11.3 Å². The van der Waals surface area contributed by atoms with Gasteiger partial charge in [0.15, 0.2) is 0 Å². The van der Waals surface area contributed by atoms with Crippen molar-refractivity contribution in [3.05, 3.63) is 53.6 Å². The average molecular weight is 312 g/mol. The molecule has 0 saturated carbocycles. The van der Waals surface area contributed by atoms with E-state index in [1.165, 1.54) is 5.56 Å². The zero-order valence-electron chi connectivity index (χ0n) is 13.8. The second-order valence-electron chi connectivity index (χ2n) is 5.62. The summed E-state index contributed by atoms with van der Waals surface area (Å²) in [6, 6.07) is 13.9. The molecule has 0 aromatic heterocycles. The van der Waals surface area contributed by atoms with Crippen molar-refractivity contribution in [1.82, 2.24) is 0 Å². The summed E-state index contributed by atoms with van der Waals surface area (Å²) in [4.78, 5) is 11.0. The van der Waals surface area contributed by atoms with Gasteiger partial charge in [-0.3, -0.25) is 0 Å². The highest BCUT2D eigenvalue weighted by Crippen LogP contribution is 2.34. The number of rotatable bonds is 7. The molecule has 1 N–H and O–H groups in total. The van der Waals surface area contributed by atoms with Crippen LogP contribution in [0.3, 0.4) is 0 Å². The molecule has 0 unspecified atom stereocenters. The topological polar surface area (TPSA) is 46.5 Å². The molecular formula is C20H24O3. The molecule has 2 aromatic carbocycles. The fourth-order valence-electron chi connectivity index (χ4n) is 2.91. The number of ether oxygens (including phenoxy) is 1. The first kappa shape index (κ1) is 17.1. The van der Waals surface area contributed by atoms with Crippen molar-refractivity contribution in [2.45, 2.75) is 46.0 Å². The van der Waals surface area contributed by atoms with Crippen molar-refractivity contribution in [2.24, 2.45) is 0 Å². The van der Waals surface area contributed by atoms with Crippen molar-refractivity contribution >= 4 is 6.16 Å². The molecule has 2 rings (SSSR count). The summed E-state index contributed by atoms with van der Waals surface area (Å²) in [5.41, 5.74) is 4.50. The van der Waals surface area contributed by atoms with Gasteiger partial charge < -0.3 is 9.84 Å². The van der Waals surface area contributed by atoms with Crippen LogP contribution < -0.4 is 4.74 Å². The minimum Gasteiger partial charge on any atom is -0.449 e. The van der Waals surface area contributed by atoms with E-state index in [0.29, 0.717) is 5.75 Å². The molecule has 0 bridgehead atoms. The van der Waals surface area contributed by atoms with Gasteiger partial charge in [-0.2, -0.15) is 0 Å². The van der Waals surface area contributed by atoms with Crippen molar-refractivity contribution in [2.75, 3.05) is 0 Å². The van der Waals surface area contributed by atoms with E-state index in [9.17, 15) is 4.79 Å². The van der Waals surface area contributed by atoms with E-state index in [1.54, 1.807) is 6.07 Å². The quantitative estimate of drug-likeness (QED) is 0.405. The highest BCUT2D eigenvalue weighted by molar-refractivity contribution is 5.74. The minimum absolute atomic E-state index is 0.456. The second-order valence-corrected chi connectivity index (χ2v) is 5.62. The molecule has 0 aliphatic rings. The smallest absolute Gasteiger partial charge is 0.449 e. The lowest BCUT2D eigenvalue weighted by atomic mass is 9.91. The van der Waals surface area contributed by atoms with E-state index in [2.05, 4.69) is 32.0 Å². The van der Waals surface area contributed by atoms with Gasteiger partial charge in [0.1, 0.15) is 5.75 Å². The average Bonchev–Trinajstić information content (AvgIpc) is 2.55. The van der Waals surface area contributed by atoms with Crippen molar-refractivity contribution < 1.29 is 14.6 Å². The summed E-state index contributed by atoms with van der Waals surface area (Å²) < 4.78 is 5.03. The summed E-state index contributed by atoms with van der Waals surface area (Å²) in [6.07, 6.45) is 3.78. The maximum Gasteiger partial charge on any atom is 0.511 e. The number of hydrogen-bond donors (Lipinski definition) is 1. The Morgan fingerprint density at radius 1 is 1.00 bits per heavy atom. The maximum absolute atomic E-state index is 11.0. The first-order chi connectivity index (χ1) is 11.2. The molecule has 0 heterocycles. The molecule has 0 spiro atoms. The number of benzene rings is 2. The van der Waals surface area contributed by atoms with Gasteiger partial charge in [-0.25, -0.2) is 4.79 Å². The van der Waals surface area contributed by atoms with Gasteiger partial charge in [0, 0.05) is 5.56 Å². The van der Waals surface area contributed by atoms with Gasteiger partial charge in [-0.1, -0.05) is 63.1 Å². The zero-order valence-corrected chi connectivity index (χ0v) is 13.8. The molecule has 3 heteroatoms. The fraction of sp³-hybridized carbons (Fsp3) is 0.350. The lowest BCUT2D eigenvalue weighted by Gasteiger charge is -2.16. The summed E-state index contributed by atoms with van der Waals surface area (Å²) in [5, 5.41) is 9.00. The van der Waals surface area contributed by atoms with E-state index in [-0.39, 0.29) is 0 Å². The lowest BCUT2D eigenvalue weighted by Crippen LogP contribution is -2.06. The molecule has 0 fully saturated rings. The number of aryl methyl sites for hydroxylation is 1. The third-order valence-corrected chi connectivity index (χ3v) is 4.05. The third kappa shape index (κ3) is 4.35. The van der Waals surface area contributed by atoms with E-state index in [1.807, 2.05) is 18.2 Å². The monoisotopic (exact) mass is 312 g/mol. The normalized spacial score (nSPS) is 10.5. The van der Waals surface area contributed by atoms with Crippen LogP contribution in [-0.2, 0) is 12.8 Å². The van der Waals surface area contributed by atoms with Gasteiger partial charge in [0.05, 0.1) is 0 Å². The standard InChI is InChI=1S/C20H24O3/c1-3-5-6-12-18-17(13-9-14-19(18)23-20(21)22)16-11-8-7-10-15(16)4-2/h7-11,13-14H,3-6,12H2,1-2H3,(H,21,22). The van der Waals surface area contributed by atoms with Crippen molar-refractivity contribution in [3.63, 3.8) is 0 Å². The highest BCUT2D eigenvalue weighted by atomic mass is 16.7. The maximum atomic E-state index is 11.0. The Balaban J connectivity index is 2.50. The van der Waals surface area contributed by atoms with Crippen LogP contribution in [0.25, 0.3) is 11.1 Å². The molecule has 0 saturated heterocycles. The van der Waals surface area contributed by atoms with Crippen molar-refractivity contribution in [1.29, 1.82) is 0 Å². The number of hydrogen-bond acceptors (Lipinski definition) is 2. The lowest BCUT2D eigenvalue weighted by molar-refractivity contribution is 0.144. The van der Waals surface area contributed by atoms with Crippen LogP contribution in [0.1, 0.15) is 44.2 Å². The SMILES string of the molecule is CCCCCc1c(OC(=O)O)cccc1-c1ccccc1CC. The predicted octanol–water partition coefficient (Wildman–Crippen LogP) is 5.71. The van der Waals surface area contributed by atoms with Gasteiger partial charge in [0.25, 0.3) is 0 Å². The summed E-state index contributed by atoms with van der Waals surface area (Å²) >= 11 is 0. The van der Waals surface area contributed by atoms with Gasteiger partial charge in [-0.15, -0.1) is 0 Å². The molecular weight excluding hydrogens is 288 g/mol. The number of carboxylic acid groups (broad SMARTS) is 1. The summed E-state index contributed by atoms with van der Waals surface area (Å²) in [6.45, 7) is 4.29. The molecule has 3 nitrogen and oxygen atoms in total. The Hall–Kier alpha value is -2.29. The van der Waals surface area contributed by atoms with Gasteiger partial charge in [-0.05, 0) is 42.0 Å². The Kier molecular flexibility index (Phi) is 6.21. The van der Waals surface area contributed by atoms with Crippen LogP contribution in [0.15, 0.2) is 42.5 Å². The van der Waals surface area contributed by atoms with Crippen LogP contribution in [0.4, 0.5) is 4.79 Å². The molecule has 0 amide bonds. The number of unbranched alkanes of at least 4 members (excludes halogenated alkanes) is 2. The minimum atomic E-state index is -1.26. The Bertz CT molecular complexity index is 662. The van der Waals surface area contributed by atoms with Crippen LogP contribution in [0.2, 0.25) is 0 Å². The molecule has 0 aliphatic carbocycles. The zero-order chi connectivity index (χ0) is 16.7. The molecule has 122 valence electrons.